The van der Waals surface area contributed by atoms with Gasteiger partial charge in [0.25, 0.3) is 0 Å². The molecule has 0 nitrogen and oxygen atoms in total. The SMILES string of the molecule is CCCCCCCC(CC)c1cccc(C)c1. The first-order valence-electron chi connectivity index (χ1n) is 7.34. The molecule has 1 unspecified atom stereocenters. The Morgan fingerprint density at radius 1 is 1.00 bits per heavy atom. The van der Waals surface area contributed by atoms with Gasteiger partial charge in [0.15, 0.2) is 0 Å². The van der Waals surface area contributed by atoms with Gasteiger partial charge in [-0.15, -0.1) is 0 Å². The van der Waals surface area contributed by atoms with Crippen molar-refractivity contribution in [3.8, 4) is 0 Å². The summed E-state index contributed by atoms with van der Waals surface area (Å²) < 4.78 is 0. The quantitative estimate of drug-likeness (QED) is 0.493. The van der Waals surface area contributed by atoms with Crippen LogP contribution in [0.25, 0.3) is 0 Å². The topological polar surface area (TPSA) is 0 Å². The summed E-state index contributed by atoms with van der Waals surface area (Å²) in [7, 11) is 0. The zero-order valence-corrected chi connectivity index (χ0v) is 11.8. The zero-order chi connectivity index (χ0) is 12.5. The highest BCUT2D eigenvalue weighted by Gasteiger charge is 2.08. The molecule has 1 atom stereocenters. The smallest absolute Gasteiger partial charge is 0.0164 e. The summed E-state index contributed by atoms with van der Waals surface area (Å²) in [4.78, 5) is 0. The summed E-state index contributed by atoms with van der Waals surface area (Å²) in [6.07, 6.45) is 9.61. The highest BCUT2D eigenvalue weighted by molar-refractivity contribution is 5.25. The van der Waals surface area contributed by atoms with Crippen LogP contribution in [0, 0.1) is 6.92 Å². The molecule has 0 fully saturated rings. The van der Waals surface area contributed by atoms with Crippen LogP contribution in [0.4, 0.5) is 0 Å². The van der Waals surface area contributed by atoms with Gasteiger partial charge in [0, 0.05) is 0 Å². The summed E-state index contributed by atoms with van der Waals surface area (Å²) in [5.74, 6) is 0.775. The fraction of sp³-hybridized carbons (Fsp3) is 0.647. The molecular weight excluding hydrogens is 204 g/mol. The van der Waals surface area contributed by atoms with Crippen LogP contribution in [-0.4, -0.2) is 0 Å². The van der Waals surface area contributed by atoms with Gasteiger partial charge in [-0.3, -0.25) is 0 Å². The van der Waals surface area contributed by atoms with Crippen molar-refractivity contribution in [2.75, 3.05) is 0 Å². The van der Waals surface area contributed by atoms with E-state index < -0.39 is 0 Å². The molecule has 0 radical (unpaired) electrons. The monoisotopic (exact) mass is 232 g/mol. The van der Waals surface area contributed by atoms with Gasteiger partial charge in [0.2, 0.25) is 0 Å². The standard InChI is InChI=1S/C17H28/c1-4-6-7-8-9-12-16(5-2)17-13-10-11-15(3)14-17/h10-11,13-14,16H,4-9,12H2,1-3H3. The fourth-order valence-electron chi connectivity index (χ4n) is 2.52. The third-order valence-electron chi connectivity index (χ3n) is 3.66. The Bertz CT molecular complexity index is 301. The van der Waals surface area contributed by atoms with Gasteiger partial charge in [0.1, 0.15) is 0 Å². The summed E-state index contributed by atoms with van der Waals surface area (Å²) in [5, 5.41) is 0. The average Bonchev–Trinajstić information content (AvgIpc) is 2.34. The summed E-state index contributed by atoms with van der Waals surface area (Å²) in [6.45, 7) is 6.79. The minimum absolute atomic E-state index is 0.775. The first kappa shape index (κ1) is 14.3. The molecule has 1 rings (SSSR count). The molecule has 0 bridgehead atoms. The molecule has 0 aromatic heterocycles. The minimum Gasteiger partial charge on any atom is -0.0654 e. The highest BCUT2D eigenvalue weighted by Crippen LogP contribution is 2.26. The molecule has 0 N–H and O–H groups in total. The van der Waals surface area contributed by atoms with E-state index in [1.165, 1.54) is 50.5 Å². The molecular formula is C17H28. The summed E-state index contributed by atoms with van der Waals surface area (Å²) in [5.41, 5.74) is 2.94. The van der Waals surface area contributed by atoms with Crippen LogP contribution in [0.3, 0.4) is 0 Å². The predicted molar refractivity (Wildman–Crippen MR) is 77.6 cm³/mol. The number of aryl methyl sites for hydroxylation is 1. The summed E-state index contributed by atoms with van der Waals surface area (Å²) in [6, 6.07) is 9.05. The van der Waals surface area contributed by atoms with Crippen molar-refractivity contribution in [3.63, 3.8) is 0 Å². The van der Waals surface area contributed by atoms with Crippen LogP contribution in [0.5, 0.6) is 0 Å². The second-order valence-electron chi connectivity index (χ2n) is 5.22. The number of hydrogen-bond acceptors (Lipinski definition) is 0. The van der Waals surface area contributed by atoms with Crippen LogP contribution in [0.2, 0.25) is 0 Å². The van der Waals surface area contributed by atoms with E-state index in [0.717, 1.165) is 5.92 Å². The molecule has 0 amide bonds. The highest BCUT2D eigenvalue weighted by atomic mass is 14.1. The van der Waals surface area contributed by atoms with Crippen molar-refractivity contribution in [2.45, 2.75) is 71.6 Å². The average molecular weight is 232 g/mol. The van der Waals surface area contributed by atoms with Crippen molar-refractivity contribution in [3.05, 3.63) is 35.4 Å². The lowest BCUT2D eigenvalue weighted by Crippen LogP contribution is -1.98. The normalized spacial score (nSPS) is 12.6. The third kappa shape index (κ3) is 5.39. The number of unbranched alkanes of at least 4 members (excludes halogenated alkanes) is 4. The molecule has 0 aliphatic rings. The van der Waals surface area contributed by atoms with Gasteiger partial charge < -0.3 is 0 Å². The first-order valence-corrected chi connectivity index (χ1v) is 7.34. The molecule has 17 heavy (non-hydrogen) atoms. The largest absolute Gasteiger partial charge is 0.0654 e. The van der Waals surface area contributed by atoms with Crippen LogP contribution >= 0.6 is 0 Å². The number of benzene rings is 1. The molecule has 0 heteroatoms. The van der Waals surface area contributed by atoms with Crippen molar-refractivity contribution in [1.82, 2.24) is 0 Å². The molecule has 0 spiro atoms. The predicted octanol–water partition coefficient (Wildman–Crippen LogP) is 5.85. The lowest BCUT2D eigenvalue weighted by Gasteiger charge is -2.15. The van der Waals surface area contributed by atoms with Crippen LogP contribution in [0.15, 0.2) is 24.3 Å². The van der Waals surface area contributed by atoms with E-state index in [2.05, 4.69) is 45.0 Å². The maximum absolute atomic E-state index is 2.36. The van der Waals surface area contributed by atoms with Gasteiger partial charge in [-0.25, -0.2) is 0 Å². The van der Waals surface area contributed by atoms with Crippen molar-refractivity contribution >= 4 is 0 Å². The number of rotatable bonds is 8. The van der Waals surface area contributed by atoms with E-state index in [0.29, 0.717) is 0 Å². The van der Waals surface area contributed by atoms with E-state index in [-0.39, 0.29) is 0 Å². The fourth-order valence-corrected chi connectivity index (χ4v) is 2.52. The first-order chi connectivity index (χ1) is 8.27. The van der Waals surface area contributed by atoms with Crippen molar-refractivity contribution < 1.29 is 0 Å². The Balaban J connectivity index is 2.38. The van der Waals surface area contributed by atoms with Crippen LogP contribution in [0.1, 0.15) is 75.8 Å². The molecule has 1 aromatic rings. The Kier molecular flexibility index (Phi) is 7.00. The maximum Gasteiger partial charge on any atom is -0.0164 e. The lowest BCUT2D eigenvalue weighted by atomic mass is 9.90. The Morgan fingerprint density at radius 3 is 2.41 bits per heavy atom. The number of hydrogen-bond donors (Lipinski definition) is 0. The molecule has 0 aliphatic carbocycles. The zero-order valence-electron chi connectivity index (χ0n) is 11.8. The Hall–Kier alpha value is -0.780. The van der Waals surface area contributed by atoms with Crippen LogP contribution in [-0.2, 0) is 0 Å². The van der Waals surface area contributed by atoms with E-state index in [1.807, 2.05) is 0 Å². The van der Waals surface area contributed by atoms with Crippen molar-refractivity contribution in [1.29, 1.82) is 0 Å². The van der Waals surface area contributed by atoms with Crippen LogP contribution < -0.4 is 0 Å². The molecule has 0 aliphatic heterocycles. The maximum atomic E-state index is 2.36. The third-order valence-corrected chi connectivity index (χ3v) is 3.66. The van der Waals surface area contributed by atoms with E-state index >= 15 is 0 Å². The molecule has 1 aromatic carbocycles. The van der Waals surface area contributed by atoms with Gasteiger partial charge in [-0.1, -0.05) is 75.8 Å². The Labute approximate surface area is 107 Å². The second-order valence-corrected chi connectivity index (χ2v) is 5.22. The summed E-state index contributed by atoms with van der Waals surface area (Å²) >= 11 is 0. The molecule has 96 valence electrons. The Morgan fingerprint density at radius 2 is 1.76 bits per heavy atom. The lowest BCUT2D eigenvalue weighted by molar-refractivity contribution is 0.535. The second kappa shape index (κ2) is 8.33. The van der Waals surface area contributed by atoms with Gasteiger partial charge in [-0.05, 0) is 31.2 Å². The molecule has 0 saturated carbocycles. The molecule has 0 saturated heterocycles. The van der Waals surface area contributed by atoms with E-state index in [9.17, 15) is 0 Å². The van der Waals surface area contributed by atoms with Gasteiger partial charge in [0.05, 0.1) is 0 Å². The van der Waals surface area contributed by atoms with Gasteiger partial charge >= 0.3 is 0 Å². The molecule has 0 heterocycles. The van der Waals surface area contributed by atoms with E-state index in [4.69, 9.17) is 0 Å². The van der Waals surface area contributed by atoms with E-state index in [1.54, 1.807) is 5.56 Å². The van der Waals surface area contributed by atoms with Crippen molar-refractivity contribution in [2.24, 2.45) is 0 Å². The minimum atomic E-state index is 0.775. The van der Waals surface area contributed by atoms with Gasteiger partial charge in [-0.2, -0.15) is 0 Å².